The molecule has 0 spiro atoms. The normalized spacial score (nSPS) is 18.1. The molecular weight excluding hydrogens is 367 g/mol. The number of rotatable bonds is 3. The van der Waals surface area contributed by atoms with Crippen molar-refractivity contribution in [1.29, 1.82) is 0 Å². The Bertz CT molecular complexity index is 827. The van der Waals surface area contributed by atoms with E-state index < -0.39 is 0 Å². The molecule has 1 amide bonds. The SMILES string of the molecule is CC(N)C1CCN(C(=O)c2nn(-c3ccccc3F)c3c2CCC3)CC1.Cl. The summed E-state index contributed by atoms with van der Waals surface area (Å²) < 4.78 is 15.9. The van der Waals surface area contributed by atoms with Crippen molar-refractivity contribution in [1.82, 2.24) is 14.7 Å². The Hall–Kier alpha value is -1.92. The average Bonchev–Trinajstić information content (AvgIpc) is 3.24. The highest BCUT2D eigenvalue weighted by atomic mass is 35.5. The molecule has 27 heavy (non-hydrogen) atoms. The third kappa shape index (κ3) is 3.60. The van der Waals surface area contributed by atoms with Gasteiger partial charge in [-0.25, -0.2) is 9.07 Å². The molecule has 1 aromatic carbocycles. The van der Waals surface area contributed by atoms with Crippen LogP contribution in [0.3, 0.4) is 0 Å². The first-order valence-corrected chi connectivity index (χ1v) is 9.46. The van der Waals surface area contributed by atoms with Gasteiger partial charge >= 0.3 is 0 Å². The molecule has 1 saturated heterocycles. The van der Waals surface area contributed by atoms with Gasteiger partial charge in [0.05, 0.1) is 0 Å². The first-order valence-electron chi connectivity index (χ1n) is 9.46. The van der Waals surface area contributed by atoms with Crippen LogP contribution < -0.4 is 5.73 Å². The number of fused-ring (bicyclic) bond motifs is 1. The molecule has 1 aliphatic heterocycles. The summed E-state index contributed by atoms with van der Waals surface area (Å²) in [4.78, 5) is 15.0. The molecule has 1 atom stereocenters. The van der Waals surface area contributed by atoms with Crippen LogP contribution in [0.4, 0.5) is 4.39 Å². The number of benzene rings is 1. The predicted octanol–water partition coefficient (Wildman–Crippen LogP) is 3.12. The number of likely N-dealkylation sites (tertiary alicyclic amines) is 1. The number of nitrogens with two attached hydrogens (primary N) is 1. The van der Waals surface area contributed by atoms with Crippen molar-refractivity contribution in [3.8, 4) is 5.69 Å². The number of hydrogen-bond acceptors (Lipinski definition) is 3. The Morgan fingerprint density at radius 2 is 1.96 bits per heavy atom. The summed E-state index contributed by atoms with van der Waals surface area (Å²) in [6.45, 7) is 3.46. The van der Waals surface area contributed by atoms with Crippen molar-refractivity contribution in [3.63, 3.8) is 0 Å². The Morgan fingerprint density at radius 3 is 2.63 bits per heavy atom. The molecule has 2 N–H and O–H groups in total. The zero-order valence-corrected chi connectivity index (χ0v) is 16.3. The highest BCUT2D eigenvalue weighted by Gasteiger charge is 2.32. The summed E-state index contributed by atoms with van der Waals surface area (Å²) in [6, 6.07) is 6.76. The van der Waals surface area contributed by atoms with Gasteiger partial charge in [-0.2, -0.15) is 5.10 Å². The molecule has 4 rings (SSSR count). The van der Waals surface area contributed by atoms with Crippen LogP contribution >= 0.6 is 12.4 Å². The van der Waals surface area contributed by atoms with Crippen molar-refractivity contribution >= 4 is 18.3 Å². The lowest BCUT2D eigenvalue weighted by molar-refractivity contribution is 0.0673. The van der Waals surface area contributed by atoms with Gasteiger partial charge < -0.3 is 10.6 Å². The number of piperidine rings is 1. The fourth-order valence-corrected chi connectivity index (χ4v) is 4.21. The molecule has 2 aliphatic rings. The fourth-order valence-electron chi connectivity index (χ4n) is 4.21. The molecule has 1 unspecified atom stereocenters. The molecule has 0 bridgehead atoms. The van der Waals surface area contributed by atoms with Gasteiger partial charge in [-0.15, -0.1) is 12.4 Å². The van der Waals surface area contributed by atoms with E-state index in [1.807, 2.05) is 11.8 Å². The second-order valence-electron chi connectivity index (χ2n) is 7.48. The van der Waals surface area contributed by atoms with Gasteiger partial charge in [0, 0.05) is 30.4 Å². The van der Waals surface area contributed by atoms with E-state index in [2.05, 4.69) is 5.10 Å². The minimum atomic E-state index is -0.318. The van der Waals surface area contributed by atoms with E-state index in [-0.39, 0.29) is 30.2 Å². The zero-order valence-electron chi connectivity index (χ0n) is 15.5. The number of aromatic nitrogens is 2. The van der Waals surface area contributed by atoms with E-state index in [0.717, 1.165) is 43.4 Å². The maximum Gasteiger partial charge on any atom is 0.274 e. The Labute approximate surface area is 165 Å². The van der Waals surface area contributed by atoms with E-state index in [0.29, 0.717) is 30.4 Å². The number of amides is 1. The van der Waals surface area contributed by atoms with E-state index in [4.69, 9.17) is 5.73 Å². The largest absolute Gasteiger partial charge is 0.337 e. The molecule has 1 aliphatic carbocycles. The van der Waals surface area contributed by atoms with Crippen molar-refractivity contribution in [2.75, 3.05) is 13.1 Å². The molecule has 2 heterocycles. The second-order valence-corrected chi connectivity index (χ2v) is 7.48. The van der Waals surface area contributed by atoms with Crippen molar-refractivity contribution in [2.45, 2.75) is 45.1 Å². The lowest BCUT2D eigenvalue weighted by Gasteiger charge is -2.33. The summed E-state index contributed by atoms with van der Waals surface area (Å²) in [5, 5.41) is 4.55. The van der Waals surface area contributed by atoms with Crippen LogP contribution in [-0.4, -0.2) is 39.7 Å². The van der Waals surface area contributed by atoms with Crippen LogP contribution in [0.2, 0.25) is 0 Å². The quantitative estimate of drug-likeness (QED) is 0.872. The van der Waals surface area contributed by atoms with Crippen LogP contribution in [0.25, 0.3) is 5.69 Å². The van der Waals surface area contributed by atoms with Crippen LogP contribution in [0.15, 0.2) is 24.3 Å². The Balaban J connectivity index is 0.00000210. The van der Waals surface area contributed by atoms with E-state index in [1.54, 1.807) is 22.9 Å². The second kappa shape index (κ2) is 7.98. The minimum Gasteiger partial charge on any atom is -0.337 e. The summed E-state index contributed by atoms with van der Waals surface area (Å²) in [7, 11) is 0. The highest BCUT2D eigenvalue weighted by Crippen LogP contribution is 2.30. The van der Waals surface area contributed by atoms with Crippen LogP contribution in [0.5, 0.6) is 0 Å². The molecule has 5 nitrogen and oxygen atoms in total. The Morgan fingerprint density at radius 1 is 1.26 bits per heavy atom. The topological polar surface area (TPSA) is 64.2 Å². The number of para-hydroxylation sites is 1. The van der Waals surface area contributed by atoms with Gasteiger partial charge in [0.1, 0.15) is 11.5 Å². The minimum absolute atomic E-state index is 0. The molecule has 2 aromatic rings. The van der Waals surface area contributed by atoms with E-state index in [1.165, 1.54) is 6.07 Å². The third-order valence-electron chi connectivity index (χ3n) is 5.78. The lowest BCUT2D eigenvalue weighted by atomic mass is 9.91. The van der Waals surface area contributed by atoms with E-state index in [9.17, 15) is 9.18 Å². The van der Waals surface area contributed by atoms with Gasteiger partial charge in [0.15, 0.2) is 5.69 Å². The summed E-state index contributed by atoms with van der Waals surface area (Å²) >= 11 is 0. The summed E-state index contributed by atoms with van der Waals surface area (Å²) in [5.74, 6) is 0.128. The molecule has 7 heteroatoms. The zero-order chi connectivity index (χ0) is 18.3. The van der Waals surface area contributed by atoms with Crippen LogP contribution in [-0.2, 0) is 12.8 Å². The molecule has 1 fully saturated rings. The van der Waals surface area contributed by atoms with Crippen LogP contribution in [0, 0.1) is 11.7 Å². The fraction of sp³-hybridized carbons (Fsp3) is 0.500. The Kier molecular flexibility index (Phi) is 5.86. The smallest absolute Gasteiger partial charge is 0.274 e. The molecule has 146 valence electrons. The average molecular weight is 393 g/mol. The maximum absolute atomic E-state index is 14.3. The monoisotopic (exact) mass is 392 g/mol. The van der Waals surface area contributed by atoms with Crippen molar-refractivity contribution < 1.29 is 9.18 Å². The molecule has 1 aromatic heterocycles. The van der Waals surface area contributed by atoms with Crippen LogP contribution in [0.1, 0.15) is 47.9 Å². The lowest BCUT2D eigenvalue weighted by Crippen LogP contribution is -2.42. The van der Waals surface area contributed by atoms with Crippen molar-refractivity contribution in [2.24, 2.45) is 11.7 Å². The molecular formula is C20H26ClFN4O. The number of halogens is 2. The first kappa shape index (κ1) is 19.8. The van der Waals surface area contributed by atoms with Gasteiger partial charge in [0.2, 0.25) is 0 Å². The maximum atomic E-state index is 14.3. The third-order valence-corrected chi connectivity index (χ3v) is 5.78. The highest BCUT2D eigenvalue weighted by molar-refractivity contribution is 5.94. The molecule has 0 radical (unpaired) electrons. The van der Waals surface area contributed by atoms with Gasteiger partial charge in [-0.3, -0.25) is 4.79 Å². The standard InChI is InChI=1S/C20H25FN4O.ClH/c1-13(22)14-9-11-24(12-10-14)20(26)19-15-5-4-8-17(15)25(23-19)18-7-3-2-6-16(18)21;/h2-3,6-7,13-14H,4-5,8-12,22H2,1H3;1H. The first-order chi connectivity index (χ1) is 12.6. The number of hydrogen-bond donors (Lipinski definition) is 1. The van der Waals surface area contributed by atoms with Gasteiger partial charge in [-0.05, 0) is 57.1 Å². The summed E-state index contributed by atoms with van der Waals surface area (Å²) in [5.41, 5.74) is 8.89. The van der Waals surface area contributed by atoms with Crippen molar-refractivity contribution in [3.05, 3.63) is 47.0 Å². The van der Waals surface area contributed by atoms with Gasteiger partial charge in [0.25, 0.3) is 5.91 Å². The van der Waals surface area contributed by atoms with Gasteiger partial charge in [-0.1, -0.05) is 12.1 Å². The van der Waals surface area contributed by atoms with E-state index >= 15 is 0 Å². The molecule has 0 saturated carbocycles. The summed E-state index contributed by atoms with van der Waals surface area (Å²) in [6.07, 6.45) is 4.51. The predicted molar refractivity (Wildman–Crippen MR) is 105 cm³/mol. The number of nitrogens with zero attached hydrogens (tertiary/aromatic N) is 3. The number of carbonyl (C=O) groups excluding carboxylic acids is 1. The number of carbonyl (C=O) groups is 1.